The summed E-state index contributed by atoms with van der Waals surface area (Å²) in [6.07, 6.45) is 7.57. The molecular weight excluding hydrogens is 424 g/mol. The van der Waals surface area contributed by atoms with Gasteiger partial charge < -0.3 is 19.5 Å². The summed E-state index contributed by atoms with van der Waals surface area (Å²) < 4.78 is 16.5. The molecular formula is C25H32N2O6. The van der Waals surface area contributed by atoms with Crippen LogP contribution < -0.4 is 20.1 Å². The Morgan fingerprint density at radius 1 is 1.03 bits per heavy atom. The van der Waals surface area contributed by atoms with Gasteiger partial charge in [0, 0.05) is 17.5 Å². The molecule has 0 spiro atoms. The second-order valence-corrected chi connectivity index (χ2v) is 10.9. The van der Waals surface area contributed by atoms with E-state index in [4.69, 9.17) is 14.2 Å². The monoisotopic (exact) mass is 456 g/mol. The third-order valence-electron chi connectivity index (χ3n) is 7.43. The molecule has 0 radical (unpaired) electrons. The molecule has 6 rings (SSSR count). The lowest BCUT2D eigenvalue weighted by Gasteiger charge is -2.56. The van der Waals surface area contributed by atoms with Crippen LogP contribution >= 0.6 is 0 Å². The molecule has 5 aliphatic rings. The first-order valence-electron chi connectivity index (χ1n) is 11.9. The lowest BCUT2D eigenvalue weighted by molar-refractivity contribution is -0.150. The second kappa shape index (κ2) is 8.22. The summed E-state index contributed by atoms with van der Waals surface area (Å²) in [6, 6.07) is 5.04. The number of esters is 1. The number of benzene rings is 1. The van der Waals surface area contributed by atoms with Crippen molar-refractivity contribution < 1.29 is 28.6 Å². The maximum absolute atomic E-state index is 12.4. The second-order valence-electron chi connectivity index (χ2n) is 10.9. The van der Waals surface area contributed by atoms with Gasteiger partial charge in [-0.1, -0.05) is 12.1 Å². The minimum atomic E-state index is -0.693. The summed E-state index contributed by atoms with van der Waals surface area (Å²) in [5.41, 5.74) is 0.517. The normalized spacial score (nSPS) is 30.2. The summed E-state index contributed by atoms with van der Waals surface area (Å²) in [5, 5.41) is 5.37. The number of imide groups is 1. The van der Waals surface area contributed by atoms with E-state index in [-0.39, 0.29) is 17.7 Å². The maximum atomic E-state index is 12.4. The predicted octanol–water partition coefficient (Wildman–Crippen LogP) is 3.12. The van der Waals surface area contributed by atoms with Crippen LogP contribution in [0.4, 0.5) is 4.79 Å². The summed E-state index contributed by atoms with van der Waals surface area (Å²) >= 11 is 0. The van der Waals surface area contributed by atoms with Gasteiger partial charge in [-0.25, -0.2) is 9.59 Å². The van der Waals surface area contributed by atoms with Gasteiger partial charge >= 0.3 is 12.0 Å². The molecule has 0 atom stereocenters. The number of ether oxygens (including phenoxy) is 3. The topological polar surface area (TPSA) is 103 Å². The molecule has 1 aromatic carbocycles. The SMILES string of the molecule is CC1(C)Cc2cccc(OCC(=O)OCC(=O)NC(=O)NC34CC5CC(CC(C5)C3)C4)c2O1. The van der Waals surface area contributed by atoms with Crippen molar-refractivity contribution in [1.82, 2.24) is 10.6 Å². The van der Waals surface area contributed by atoms with Crippen LogP contribution in [0.25, 0.3) is 0 Å². The Bertz CT molecular complexity index is 936. The van der Waals surface area contributed by atoms with E-state index in [1.54, 1.807) is 6.07 Å². The average Bonchev–Trinajstić information content (AvgIpc) is 3.03. The minimum Gasteiger partial charge on any atom is -0.483 e. The number of carbonyl (C=O) groups excluding carboxylic acids is 3. The fourth-order valence-electron chi connectivity index (χ4n) is 6.72. The van der Waals surface area contributed by atoms with Gasteiger partial charge in [-0.3, -0.25) is 10.1 Å². The van der Waals surface area contributed by atoms with Gasteiger partial charge in [0.15, 0.2) is 24.7 Å². The number of fused-ring (bicyclic) bond motifs is 1. The largest absolute Gasteiger partial charge is 0.483 e. The highest BCUT2D eigenvalue weighted by Gasteiger charge is 2.51. The molecule has 8 heteroatoms. The zero-order valence-corrected chi connectivity index (χ0v) is 19.3. The van der Waals surface area contributed by atoms with Crippen molar-refractivity contribution in [3.63, 3.8) is 0 Å². The van der Waals surface area contributed by atoms with Crippen LogP contribution in [0.1, 0.15) is 57.9 Å². The number of hydrogen-bond acceptors (Lipinski definition) is 6. The Hall–Kier alpha value is -2.77. The van der Waals surface area contributed by atoms with Crippen molar-refractivity contribution in [1.29, 1.82) is 0 Å². The summed E-state index contributed by atoms with van der Waals surface area (Å²) in [6.45, 7) is 3.09. The molecule has 0 unspecified atom stereocenters. The van der Waals surface area contributed by atoms with Crippen LogP contribution in [-0.4, -0.2) is 42.3 Å². The van der Waals surface area contributed by atoms with Crippen molar-refractivity contribution in [2.45, 2.75) is 69.9 Å². The van der Waals surface area contributed by atoms with Crippen LogP contribution in [0.2, 0.25) is 0 Å². The molecule has 33 heavy (non-hydrogen) atoms. The molecule has 1 aromatic rings. The standard InChI is InChI=1S/C25H32N2O6/c1-24(2)12-18-4-3-5-19(22(18)33-24)31-14-21(29)32-13-20(28)26-23(30)27-25-9-15-6-16(10-25)8-17(7-15)11-25/h3-5,15-17H,6-14H2,1-2H3,(H2,26,27,28,30). The molecule has 4 fully saturated rings. The number of carbonyl (C=O) groups is 3. The Balaban J connectivity index is 1.05. The van der Waals surface area contributed by atoms with E-state index in [9.17, 15) is 14.4 Å². The highest BCUT2D eigenvalue weighted by atomic mass is 16.6. The van der Waals surface area contributed by atoms with Gasteiger partial charge in [-0.05, 0) is 76.2 Å². The summed E-state index contributed by atoms with van der Waals surface area (Å²) in [7, 11) is 0. The maximum Gasteiger partial charge on any atom is 0.344 e. The molecule has 178 valence electrons. The molecule has 3 amide bonds. The van der Waals surface area contributed by atoms with E-state index in [1.165, 1.54) is 19.3 Å². The molecule has 0 aromatic heterocycles. The summed E-state index contributed by atoms with van der Waals surface area (Å²) in [4.78, 5) is 36.6. The van der Waals surface area contributed by atoms with Crippen LogP contribution in [0.5, 0.6) is 11.5 Å². The highest BCUT2D eigenvalue weighted by molar-refractivity contribution is 5.95. The fraction of sp³-hybridized carbons (Fsp3) is 0.640. The highest BCUT2D eigenvalue weighted by Crippen LogP contribution is 2.55. The van der Waals surface area contributed by atoms with Gasteiger partial charge in [0.2, 0.25) is 0 Å². The minimum absolute atomic E-state index is 0.184. The molecule has 4 aliphatic carbocycles. The van der Waals surface area contributed by atoms with Crippen molar-refractivity contribution in [3.8, 4) is 11.5 Å². The quantitative estimate of drug-likeness (QED) is 0.638. The Morgan fingerprint density at radius 2 is 1.70 bits per heavy atom. The third kappa shape index (κ3) is 4.80. The van der Waals surface area contributed by atoms with Gasteiger partial charge in [0.1, 0.15) is 5.60 Å². The molecule has 2 N–H and O–H groups in total. The molecule has 8 nitrogen and oxygen atoms in total. The summed E-state index contributed by atoms with van der Waals surface area (Å²) in [5.74, 6) is 1.82. The first kappa shape index (κ1) is 22.0. The van der Waals surface area contributed by atoms with Gasteiger partial charge in [0.05, 0.1) is 0 Å². The molecule has 4 saturated carbocycles. The van der Waals surface area contributed by atoms with Gasteiger partial charge in [-0.15, -0.1) is 0 Å². The van der Waals surface area contributed by atoms with Crippen molar-refractivity contribution in [2.75, 3.05) is 13.2 Å². The van der Waals surface area contributed by atoms with Crippen molar-refractivity contribution in [2.24, 2.45) is 17.8 Å². The first-order valence-corrected chi connectivity index (χ1v) is 11.9. The predicted molar refractivity (Wildman–Crippen MR) is 119 cm³/mol. The lowest BCUT2D eigenvalue weighted by atomic mass is 9.53. The number of amides is 3. The number of rotatable bonds is 6. The van der Waals surface area contributed by atoms with Gasteiger partial charge in [0.25, 0.3) is 5.91 Å². The smallest absolute Gasteiger partial charge is 0.344 e. The Morgan fingerprint density at radius 3 is 2.36 bits per heavy atom. The Labute approximate surface area is 193 Å². The molecule has 4 bridgehead atoms. The van der Waals surface area contributed by atoms with E-state index >= 15 is 0 Å². The molecule has 1 heterocycles. The molecule has 1 aliphatic heterocycles. The number of urea groups is 1. The van der Waals surface area contributed by atoms with Crippen molar-refractivity contribution >= 4 is 17.9 Å². The first-order chi connectivity index (χ1) is 15.7. The lowest BCUT2D eigenvalue weighted by Crippen LogP contribution is -2.62. The average molecular weight is 457 g/mol. The van der Waals surface area contributed by atoms with Crippen LogP contribution in [-0.2, 0) is 20.7 Å². The van der Waals surface area contributed by atoms with E-state index in [0.717, 1.165) is 31.2 Å². The van der Waals surface area contributed by atoms with E-state index in [1.807, 2.05) is 26.0 Å². The van der Waals surface area contributed by atoms with Gasteiger partial charge in [-0.2, -0.15) is 0 Å². The zero-order valence-electron chi connectivity index (χ0n) is 19.3. The third-order valence-corrected chi connectivity index (χ3v) is 7.43. The molecule has 0 saturated heterocycles. The van der Waals surface area contributed by atoms with Crippen LogP contribution in [0.15, 0.2) is 18.2 Å². The Kier molecular flexibility index (Phi) is 5.49. The van der Waals surface area contributed by atoms with Crippen LogP contribution in [0, 0.1) is 17.8 Å². The number of nitrogens with one attached hydrogen (secondary N) is 2. The van der Waals surface area contributed by atoms with E-state index in [2.05, 4.69) is 10.6 Å². The number of para-hydroxylation sites is 1. The van der Waals surface area contributed by atoms with Crippen LogP contribution in [0.3, 0.4) is 0 Å². The number of hydrogen-bond donors (Lipinski definition) is 2. The van der Waals surface area contributed by atoms with E-state index < -0.39 is 24.5 Å². The van der Waals surface area contributed by atoms with Crippen molar-refractivity contribution in [3.05, 3.63) is 23.8 Å². The van der Waals surface area contributed by atoms with E-state index in [0.29, 0.717) is 29.3 Å². The zero-order chi connectivity index (χ0) is 23.2. The fourth-order valence-corrected chi connectivity index (χ4v) is 6.72.